The second-order valence-corrected chi connectivity index (χ2v) is 5.48. The third-order valence-electron chi connectivity index (χ3n) is 3.84. The Labute approximate surface area is 125 Å². The maximum absolute atomic E-state index is 11.8. The summed E-state index contributed by atoms with van der Waals surface area (Å²) in [4.78, 5) is 11.8. The van der Waals surface area contributed by atoms with Gasteiger partial charge in [0.15, 0.2) is 0 Å². The highest BCUT2D eigenvalue weighted by molar-refractivity contribution is 5.78. The van der Waals surface area contributed by atoms with E-state index in [0.717, 1.165) is 17.0 Å². The minimum atomic E-state index is -0.291. The minimum absolute atomic E-state index is 0.226. The number of nitrogens with zero attached hydrogens (tertiary/aromatic N) is 2. The Kier molecular flexibility index (Phi) is 4.46. The number of carbonyl (C=O) groups excluding carboxylic acids is 1. The second kappa shape index (κ2) is 6.12. The van der Waals surface area contributed by atoms with Crippen LogP contribution >= 0.6 is 0 Å². The summed E-state index contributed by atoms with van der Waals surface area (Å²) in [5.41, 5.74) is 5.31. The molecule has 1 aromatic heterocycles. The lowest BCUT2D eigenvalue weighted by molar-refractivity contribution is -0.142. The zero-order chi connectivity index (χ0) is 15.6. The molecule has 112 valence electrons. The smallest absolute Gasteiger partial charge is 0.312 e. The molecule has 1 atom stereocenters. The van der Waals surface area contributed by atoms with Crippen LogP contribution in [0.3, 0.4) is 0 Å². The summed E-state index contributed by atoms with van der Waals surface area (Å²) in [5, 5.41) is 4.58. The van der Waals surface area contributed by atoms with Gasteiger partial charge in [-0.05, 0) is 33.3 Å². The lowest BCUT2D eigenvalue weighted by atomic mass is 9.99. The number of benzene rings is 1. The molecule has 0 aliphatic heterocycles. The number of hydrogen-bond donors (Lipinski definition) is 0. The second-order valence-electron chi connectivity index (χ2n) is 5.48. The lowest BCUT2D eigenvalue weighted by Gasteiger charge is -2.10. The quantitative estimate of drug-likeness (QED) is 0.811. The van der Waals surface area contributed by atoms with E-state index in [4.69, 9.17) is 4.74 Å². The Morgan fingerprint density at radius 3 is 2.67 bits per heavy atom. The summed E-state index contributed by atoms with van der Waals surface area (Å²) in [5.74, 6) is -0.516. The van der Waals surface area contributed by atoms with Crippen molar-refractivity contribution in [1.29, 1.82) is 0 Å². The molecule has 0 saturated heterocycles. The summed E-state index contributed by atoms with van der Waals surface area (Å²) in [7, 11) is 1.42. The zero-order valence-corrected chi connectivity index (χ0v) is 13.3. The van der Waals surface area contributed by atoms with Crippen LogP contribution in [0.2, 0.25) is 0 Å². The zero-order valence-electron chi connectivity index (χ0n) is 13.3. The fourth-order valence-corrected chi connectivity index (χ4v) is 2.77. The van der Waals surface area contributed by atoms with Crippen molar-refractivity contribution in [3.63, 3.8) is 0 Å². The van der Waals surface area contributed by atoms with Gasteiger partial charge in [0.25, 0.3) is 0 Å². The summed E-state index contributed by atoms with van der Waals surface area (Å²) in [6.07, 6.45) is 0. The number of aromatic nitrogens is 2. The number of methoxy groups -OCH3 is 1. The van der Waals surface area contributed by atoms with Gasteiger partial charge in [-0.15, -0.1) is 0 Å². The fourth-order valence-electron chi connectivity index (χ4n) is 2.77. The molecule has 0 radical (unpaired) electrons. The Balaban J connectivity index is 2.33. The van der Waals surface area contributed by atoms with Crippen molar-refractivity contribution in [2.75, 3.05) is 7.11 Å². The molecule has 0 aliphatic carbocycles. The molecule has 0 spiro atoms. The first kappa shape index (κ1) is 15.3. The van der Waals surface area contributed by atoms with Crippen LogP contribution in [0.15, 0.2) is 24.3 Å². The first-order valence-electron chi connectivity index (χ1n) is 7.11. The molecule has 4 nitrogen and oxygen atoms in total. The molecule has 2 aromatic rings. The van der Waals surface area contributed by atoms with Crippen LogP contribution in [0.5, 0.6) is 0 Å². The lowest BCUT2D eigenvalue weighted by Crippen LogP contribution is -2.13. The standard InChI is InChI=1S/C17H22N2O2/c1-11-7-6-8-15(9-11)10-19-14(4)16(13(3)18-19)12(2)17(20)21-5/h6-9,12H,10H2,1-5H3. The van der Waals surface area contributed by atoms with Crippen molar-refractivity contribution in [2.24, 2.45) is 0 Å². The number of rotatable bonds is 4. The number of esters is 1. The first-order chi connectivity index (χ1) is 9.93. The van der Waals surface area contributed by atoms with E-state index in [-0.39, 0.29) is 11.9 Å². The molecule has 0 N–H and O–H groups in total. The normalized spacial score (nSPS) is 12.2. The van der Waals surface area contributed by atoms with Crippen LogP contribution in [0.25, 0.3) is 0 Å². The molecule has 0 amide bonds. The van der Waals surface area contributed by atoms with Crippen molar-refractivity contribution in [2.45, 2.75) is 40.2 Å². The van der Waals surface area contributed by atoms with Gasteiger partial charge in [-0.2, -0.15) is 5.10 Å². The van der Waals surface area contributed by atoms with Crippen molar-refractivity contribution >= 4 is 5.97 Å². The van der Waals surface area contributed by atoms with E-state index in [9.17, 15) is 4.79 Å². The summed E-state index contributed by atoms with van der Waals surface area (Å²) in [6.45, 7) is 8.59. The maximum atomic E-state index is 11.8. The van der Waals surface area contributed by atoms with Gasteiger partial charge in [0.1, 0.15) is 0 Å². The van der Waals surface area contributed by atoms with Crippen LogP contribution in [0.4, 0.5) is 0 Å². The van der Waals surface area contributed by atoms with E-state index in [2.05, 4.69) is 30.2 Å². The molecule has 21 heavy (non-hydrogen) atoms. The molecule has 1 aromatic carbocycles. The highest BCUT2D eigenvalue weighted by Crippen LogP contribution is 2.25. The van der Waals surface area contributed by atoms with Gasteiger partial charge in [0, 0.05) is 11.3 Å². The van der Waals surface area contributed by atoms with Crippen molar-refractivity contribution in [1.82, 2.24) is 9.78 Å². The van der Waals surface area contributed by atoms with E-state index in [1.165, 1.54) is 18.2 Å². The molecule has 0 bridgehead atoms. The van der Waals surface area contributed by atoms with E-state index in [0.29, 0.717) is 6.54 Å². The van der Waals surface area contributed by atoms with Gasteiger partial charge in [-0.3, -0.25) is 9.48 Å². The molecular formula is C17H22N2O2. The van der Waals surface area contributed by atoms with Gasteiger partial charge in [0.05, 0.1) is 25.3 Å². The van der Waals surface area contributed by atoms with Crippen LogP contribution < -0.4 is 0 Å². The average molecular weight is 286 g/mol. The summed E-state index contributed by atoms with van der Waals surface area (Å²) >= 11 is 0. The Morgan fingerprint density at radius 2 is 2.05 bits per heavy atom. The van der Waals surface area contributed by atoms with E-state index < -0.39 is 0 Å². The van der Waals surface area contributed by atoms with Crippen molar-refractivity contribution in [3.05, 3.63) is 52.3 Å². The maximum Gasteiger partial charge on any atom is 0.312 e. The number of carbonyl (C=O) groups is 1. The number of aryl methyl sites for hydroxylation is 2. The Morgan fingerprint density at radius 1 is 1.33 bits per heavy atom. The van der Waals surface area contributed by atoms with Gasteiger partial charge in [0.2, 0.25) is 0 Å². The SMILES string of the molecule is COC(=O)C(C)c1c(C)nn(Cc2cccc(C)c2)c1C. The molecule has 0 fully saturated rings. The summed E-state index contributed by atoms with van der Waals surface area (Å²) in [6, 6.07) is 8.37. The fraction of sp³-hybridized carbons (Fsp3) is 0.412. The molecule has 0 saturated carbocycles. The third-order valence-corrected chi connectivity index (χ3v) is 3.84. The highest BCUT2D eigenvalue weighted by atomic mass is 16.5. The predicted molar refractivity (Wildman–Crippen MR) is 82.4 cm³/mol. The molecule has 1 unspecified atom stereocenters. The van der Waals surface area contributed by atoms with Crippen LogP contribution in [-0.2, 0) is 16.1 Å². The van der Waals surface area contributed by atoms with Gasteiger partial charge >= 0.3 is 5.97 Å². The molecular weight excluding hydrogens is 264 g/mol. The number of ether oxygens (including phenoxy) is 1. The van der Waals surface area contributed by atoms with Gasteiger partial charge in [-0.1, -0.05) is 29.8 Å². The average Bonchev–Trinajstić information content (AvgIpc) is 2.72. The van der Waals surface area contributed by atoms with E-state index in [1.807, 2.05) is 31.5 Å². The van der Waals surface area contributed by atoms with Crippen LogP contribution in [0.1, 0.15) is 40.9 Å². The van der Waals surface area contributed by atoms with Crippen molar-refractivity contribution < 1.29 is 9.53 Å². The molecule has 4 heteroatoms. The molecule has 1 heterocycles. The van der Waals surface area contributed by atoms with Crippen molar-refractivity contribution in [3.8, 4) is 0 Å². The Hall–Kier alpha value is -2.10. The van der Waals surface area contributed by atoms with Crippen LogP contribution in [-0.4, -0.2) is 22.9 Å². The minimum Gasteiger partial charge on any atom is -0.469 e. The largest absolute Gasteiger partial charge is 0.469 e. The molecule has 2 rings (SSSR count). The third kappa shape index (κ3) is 3.15. The topological polar surface area (TPSA) is 44.1 Å². The predicted octanol–water partition coefficient (Wildman–Crippen LogP) is 3.13. The summed E-state index contributed by atoms with van der Waals surface area (Å²) < 4.78 is 6.80. The van der Waals surface area contributed by atoms with Gasteiger partial charge < -0.3 is 4.74 Å². The number of hydrogen-bond acceptors (Lipinski definition) is 3. The Bertz CT molecular complexity index is 659. The first-order valence-corrected chi connectivity index (χ1v) is 7.11. The van der Waals surface area contributed by atoms with Gasteiger partial charge in [-0.25, -0.2) is 0 Å². The highest BCUT2D eigenvalue weighted by Gasteiger charge is 2.23. The monoisotopic (exact) mass is 286 g/mol. The van der Waals surface area contributed by atoms with E-state index >= 15 is 0 Å². The van der Waals surface area contributed by atoms with E-state index in [1.54, 1.807) is 0 Å². The molecule has 0 aliphatic rings. The van der Waals surface area contributed by atoms with Crippen LogP contribution in [0, 0.1) is 20.8 Å².